The molecule has 1 unspecified atom stereocenters. The average Bonchev–Trinajstić information content (AvgIpc) is 2.41. The number of nitrogens with zero attached hydrogens (tertiary/aromatic N) is 1. The van der Waals surface area contributed by atoms with Gasteiger partial charge in [0.2, 0.25) is 5.91 Å². The van der Waals surface area contributed by atoms with Crippen LogP contribution in [-0.4, -0.2) is 61.4 Å². The quantitative estimate of drug-likeness (QED) is 0.680. The fourth-order valence-electron chi connectivity index (χ4n) is 2.36. The Bertz CT molecular complexity index is 368. The van der Waals surface area contributed by atoms with E-state index in [1.807, 2.05) is 25.7 Å². The van der Waals surface area contributed by atoms with E-state index in [-0.39, 0.29) is 18.7 Å². The second-order valence-electron chi connectivity index (χ2n) is 6.55. The number of nitrogens with two attached hydrogens (primary N) is 1. The summed E-state index contributed by atoms with van der Waals surface area (Å²) in [6.45, 7) is 8.02. The first-order valence-corrected chi connectivity index (χ1v) is 7.86. The Morgan fingerprint density at radius 1 is 1.32 bits per heavy atom. The molecule has 0 aromatic carbocycles. The zero-order valence-corrected chi connectivity index (χ0v) is 13.9. The van der Waals surface area contributed by atoms with Gasteiger partial charge in [0.15, 0.2) is 0 Å². The fraction of sp³-hybridized carbons (Fsp3) is 0.867. The van der Waals surface area contributed by atoms with E-state index >= 15 is 0 Å². The number of carbonyl (C=O) groups excluding carboxylic acids is 2. The summed E-state index contributed by atoms with van der Waals surface area (Å²) in [7, 11) is 0. The van der Waals surface area contributed by atoms with Crippen LogP contribution in [0.5, 0.6) is 0 Å². The van der Waals surface area contributed by atoms with Crippen LogP contribution in [0.3, 0.4) is 0 Å². The Kier molecular flexibility index (Phi) is 7.61. The van der Waals surface area contributed by atoms with Crippen LogP contribution in [0.1, 0.15) is 40.0 Å². The first-order chi connectivity index (χ1) is 10.3. The van der Waals surface area contributed by atoms with Crippen molar-refractivity contribution >= 4 is 12.0 Å². The first-order valence-electron chi connectivity index (χ1n) is 7.86. The third-order valence-corrected chi connectivity index (χ3v) is 3.30. The molecule has 0 aliphatic carbocycles. The van der Waals surface area contributed by atoms with Gasteiger partial charge in [-0.1, -0.05) is 0 Å². The van der Waals surface area contributed by atoms with Crippen molar-refractivity contribution in [2.75, 3.05) is 32.8 Å². The van der Waals surface area contributed by atoms with Crippen molar-refractivity contribution in [1.29, 1.82) is 0 Å². The maximum absolute atomic E-state index is 12.2. The summed E-state index contributed by atoms with van der Waals surface area (Å²) in [6.07, 6.45) is 2.85. The maximum atomic E-state index is 12.2. The largest absolute Gasteiger partial charge is 0.444 e. The minimum atomic E-state index is -0.477. The number of ether oxygens (including phenoxy) is 2. The highest BCUT2D eigenvalue weighted by molar-refractivity contribution is 5.74. The number of nitrogens with one attached hydrogen (secondary N) is 1. The minimum Gasteiger partial charge on any atom is -0.444 e. The van der Waals surface area contributed by atoms with Gasteiger partial charge in [-0.25, -0.2) is 4.79 Å². The fourth-order valence-corrected chi connectivity index (χ4v) is 2.36. The van der Waals surface area contributed by atoms with E-state index < -0.39 is 11.5 Å². The number of primary amides is 1. The van der Waals surface area contributed by atoms with Crippen LogP contribution in [-0.2, 0) is 14.3 Å². The molecular weight excluding hydrogens is 286 g/mol. The molecule has 0 aromatic heterocycles. The third kappa shape index (κ3) is 7.61. The Morgan fingerprint density at radius 3 is 2.68 bits per heavy atom. The van der Waals surface area contributed by atoms with Crippen LogP contribution in [0.4, 0.5) is 4.79 Å². The van der Waals surface area contributed by atoms with E-state index in [4.69, 9.17) is 15.2 Å². The molecule has 0 saturated carbocycles. The molecule has 2 amide bonds. The van der Waals surface area contributed by atoms with E-state index in [0.717, 1.165) is 25.8 Å². The lowest BCUT2D eigenvalue weighted by molar-refractivity contribution is -0.122. The van der Waals surface area contributed by atoms with Crippen molar-refractivity contribution in [1.82, 2.24) is 10.2 Å². The summed E-state index contributed by atoms with van der Waals surface area (Å²) >= 11 is 0. The molecule has 1 fully saturated rings. The predicted molar refractivity (Wildman–Crippen MR) is 83.5 cm³/mol. The average molecular weight is 315 g/mol. The van der Waals surface area contributed by atoms with Crippen LogP contribution in [0.25, 0.3) is 0 Å². The van der Waals surface area contributed by atoms with Gasteiger partial charge >= 0.3 is 6.09 Å². The van der Waals surface area contributed by atoms with Crippen molar-refractivity contribution in [3.05, 3.63) is 0 Å². The predicted octanol–water partition coefficient (Wildman–Crippen LogP) is 0.868. The zero-order valence-electron chi connectivity index (χ0n) is 13.9. The van der Waals surface area contributed by atoms with Gasteiger partial charge in [0.25, 0.3) is 0 Å². The Morgan fingerprint density at radius 2 is 2.05 bits per heavy atom. The summed E-state index contributed by atoms with van der Waals surface area (Å²) < 4.78 is 10.5. The summed E-state index contributed by atoms with van der Waals surface area (Å²) in [5.41, 5.74) is 4.51. The highest BCUT2D eigenvalue weighted by Crippen LogP contribution is 2.19. The number of rotatable bonds is 7. The summed E-state index contributed by atoms with van der Waals surface area (Å²) in [4.78, 5) is 24.6. The van der Waals surface area contributed by atoms with E-state index in [9.17, 15) is 9.59 Å². The number of piperidine rings is 1. The molecule has 1 rings (SSSR count). The Hall–Kier alpha value is -1.34. The zero-order chi connectivity index (χ0) is 16.6. The second kappa shape index (κ2) is 8.95. The van der Waals surface area contributed by atoms with E-state index in [2.05, 4.69) is 5.32 Å². The van der Waals surface area contributed by atoms with Gasteiger partial charge in [0.1, 0.15) is 12.2 Å². The van der Waals surface area contributed by atoms with Crippen LogP contribution in [0.2, 0.25) is 0 Å². The van der Waals surface area contributed by atoms with Gasteiger partial charge in [-0.2, -0.15) is 0 Å². The van der Waals surface area contributed by atoms with Crippen molar-refractivity contribution in [3.8, 4) is 0 Å². The van der Waals surface area contributed by atoms with Crippen LogP contribution in [0, 0.1) is 0 Å². The molecule has 7 nitrogen and oxygen atoms in total. The van der Waals surface area contributed by atoms with Gasteiger partial charge in [0, 0.05) is 25.7 Å². The topological polar surface area (TPSA) is 93.9 Å². The van der Waals surface area contributed by atoms with Gasteiger partial charge in [-0.05, 0) is 40.0 Å². The number of hydrogen-bond acceptors (Lipinski definition) is 5. The summed E-state index contributed by atoms with van der Waals surface area (Å²) in [6, 6.07) is 0.139. The van der Waals surface area contributed by atoms with E-state index in [1.54, 1.807) is 0 Å². The van der Waals surface area contributed by atoms with Gasteiger partial charge in [0.05, 0.1) is 6.61 Å². The second-order valence-corrected chi connectivity index (χ2v) is 6.55. The molecule has 1 aliphatic rings. The van der Waals surface area contributed by atoms with Crippen molar-refractivity contribution in [2.45, 2.75) is 51.7 Å². The van der Waals surface area contributed by atoms with Gasteiger partial charge in [-0.3, -0.25) is 4.79 Å². The lowest BCUT2D eigenvalue weighted by Crippen LogP contribution is -2.50. The molecule has 1 heterocycles. The lowest BCUT2D eigenvalue weighted by atomic mass is 10.0. The van der Waals surface area contributed by atoms with E-state index in [0.29, 0.717) is 19.7 Å². The Labute approximate surface area is 132 Å². The summed E-state index contributed by atoms with van der Waals surface area (Å²) in [5, 5.41) is 3.25. The molecular formula is C15H29N3O4. The molecule has 0 aromatic rings. The Balaban J connectivity index is 2.32. The summed E-state index contributed by atoms with van der Waals surface area (Å²) in [5.74, 6) is -0.469. The molecule has 7 heteroatoms. The van der Waals surface area contributed by atoms with Crippen molar-refractivity contribution < 1.29 is 19.1 Å². The number of carbonyl (C=O) groups is 2. The lowest BCUT2D eigenvalue weighted by Gasteiger charge is -2.36. The molecule has 22 heavy (non-hydrogen) atoms. The number of likely N-dealkylation sites (tertiary alicyclic amines) is 1. The third-order valence-electron chi connectivity index (χ3n) is 3.30. The smallest absolute Gasteiger partial charge is 0.410 e. The first kappa shape index (κ1) is 18.7. The molecule has 3 N–H and O–H groups in total. The van der Waals surface area contributed by atoms with Crippen LogP contribution in [0.15, 0.2) is 0 Å². The SMILES string of the molecule is CC(C)(C)OC(=O)N1CCCCC1CNCCOCC(N)=O. The van der Waals surface area contributed by atoms with E-state index in [1.165, 1.54) is 0 Å². The molecule has 1 aliphatic heterocycles. The monoisotopic (exact) mass is 315 g/mol. The normalized spacial score (nSPS) is 19.0. The molecule has 0 radical (unpaired) electrons. The molecule has 0 bridgehead atoms. The minimum absolute atomic E-state index is 0.0604. The molecule has 128 valence electrons. The van der Waals surface area contributed by atoms with Gasteiger partial charge in [-0.15, -0.1) is 0 Å². The highest BCUT2D eigenvalue weighted by atomic mass is 16.6. The number of hydrogen-bond donors (Lipinski definition) is 2. The highest BCUT2D eigenvalue weighted by Gasteiger charge is 2.29. The standard InChI is InChI=1S/C15H29N3O4/c1-15(2,3)22-14(20)18-8-5-4-6-12(18)10-17-7-9-21-11-13(16)19/h12,17H,4-11H2,1-3H3,(H2,16,19). The molecule has 1 saturated heterocycles. The van der Waals surface area contributed by atoms with Crippen molar-refractivity contribution in [3.63, 3.8) is 0 Å². The van der Waals surface area contributed by atoms with Crippen molar-refractivity contribution in [2.24, 2.45) is 5.73 Å². The van der Waals surface area contributed by atoms with Crippen LogP contribution >= 0.6 is 0 Å². The number of amides is 2. The van der Waals surface area contributed by atoms with Crippen LogP contribution < -0.4 is 11.1 Å². The van der Waals surface area contributed by atoms with Gasteiger partial charge < -0.3 is 25.4 Å². The molecule has 0 spiro atoms. The molecule has 1 atom stereocenters. The maximum Gasteiger partial charge on any atom is 0.410 e.